The van der Waals surface area contributed by atoms with Gasteiger partial charge in [0, 0.05) is 18.7 Å². The molecule has 2 N–H and O–H groups in total. The molecule has 0 radical (unpaired) electrons. The van der Waals surface area contributed by atoms with E-state index in [1.54, 1.807) is 0 Å². The first-order valence-electron chi connectivity index (χ1n) is 7.35. The molecule has 21 heavy (non-hydrogen) atoms. The van der Waals surface area contributed by atoms with Crippen molar-refractivity contribution >= 4 is 11.9 Å². The van der Waals surface area contributed by atoms with Crippen molar-refractivity contribution < 1.29 is 23.8 Å². The van der Waals surface area contributed by atoms with Crippen LogP contribution in [0.25, 0.3) is 0 Å². The summed E-state index contributed by atoms with van der Waals surface area (Å²) in [7, 11) is 0. The first-order valence-corrected chi connectivity index (χ1v) is 7.35. The van der Waals surface area contributed by atoms with E-state index < -0.39 is 5.97 Å². The molecule has 1 aliphatic heterocycles. The van der Waals surface area contributed by atoms with Crippen LogP contribution in [0.4, 0.5) is 0 Å². The van der Waals surface area contributed by atoms with Crippen LogP contribution in [0.15, 0.2) is 16.7 Å². The third kappa shape index (κ3) is 2.95. The zero-order valence-electron chi connectivity index (χ0n) is 11.8. The molecule has 1 saturated carbocycles. The Morgan fingerprint density at radius 1 is 1.33 bits per heavy atom. The molecule has 1 saturated heterocycles. The second kappa shape index (κ2) is 5.52. The fourth-order valence-electron chi connectivity index (χ4n) is 3.34. The van der Waals surface area contributed by atoms with E-state index in [4.69, 9.17) is 14.3 Å². The molecule has 114 valence electrons. The predicted octanol–water partition coefficient (Wildman–Crippen LogP) is 2.20. The molecule has 1 amide bonds. The number of carbonyl (C=O) groups is 2. The van der Waals surface area contributed by atoms with Gasteiger partial charge in [0.2, 0.25) is 0 Å². The molecule has 2 heterocycles. The van der Waals surface area contributed by atoms with Gasteiger partial charge in [-0.15, -0.1) is 0 Å². The molecule has 2 aliphatic rings. The second-order valence-electron chi connectivity index (χ2n) is 5.91. The van der Waals surface area contributed by atoms with Gasteiger partial charge in [-0.2, -0.15) is 0 Å². The first-order chi connectivity index (χ1) is 10.1. The minimum Gasteiger partial charge on any atom is -0.478 e. The van der Waals surface area contributed by atoms with E-state index >= 15 is 0 Å². The van der Waals surface area contributed by atoms with E-state index in [1.165, 1.54) is 18.9 Å². The summed E-state index contributed by atoms with van der Waals surface area (Å²) in [6.07, 6.45) is 7.17. The van der Waals surface area contributed by atoms with E-state index in [0.29, 0.717) is 6.61 Å². The van der Waals surface area contributed by atoms with Crippen LogP contribution >= 0.6 is 0 Å². The average molecular weight is 293 g/mol. The van der Waals surface area contributed by atoms with E-state index in [9.17, 15) is 9.59 Å². The monoisotopic (exact) mass is 293 g/mol. The quantitative estimate of drug-likeness (QED) is 0.891. The fraction of sp³-hybridized carbons (Fsp3) is 0.600. The topological polar surface area (TPSA) is 88.8 Å². The van der Waals surface area contributed by atoms with Crippen molar-refractivity contribution in [2.75, 3.05) is 6.61 Å². The highest BCUT2D eigenvalue weighted by Crippen LogP contribution is 2.40. The number of hydrogen-bond donors (Lipinski definition) is 2. The number of nitrogens with one attached hydrogen (secondary N) is 1. The molecule has 1 aromatic rings. The van der Waals surface area contributed by atoms with Gasteiger partial charge < -0.3 is 19.6 Å². The zero-order chi connectivity index (χ0) is 14.9. The Morgan fingerprint density at radius 3 is 2.76 bits per heavy atom. The minimum atomic E-state index is -1.10. The minimum absolute atomic E-state index is 0.0145. The summed E-state index contributed by atoms with van der Waals surface area (Å²) in [4.78, 5) is 22.9. The summed E-state index contributed by atoms with van der Waals surface area (Å²) in [5.74, 6) is -1.42. The van der Waals surface area contributed by atoms with Crippen LogP contribution in [0.2, 0.25) is 0 Å². The van der Waals surface area contributed by atoms with Gasteiger partial charge in [-0.05, 0) is 25.7 Å². The molecule has 6 heteroatoms. The Labute approximate surface area is 122 Å². The molecule has 1 aliphatic carbocycles. The maximum absolute atomic E-state index is 12.1. The Morgan fingerprint density at radius 2 is 2.10 bits per heavy atom. The summed E-state index contributed by atoms with van der Waals surface area (Å²) in [5.41, 5.74) is -0.0784. The normalized spacial score (nSPS) is 24.1. The first kappa shape index (κ1) is 14.1. The largest absolute Gasteiger partial charge is 0.478 e. The lowest BCUT2D eigenvalue weighted by molar-refractivity contribution is -0.0823. The number of carboxylic acids is 1. The van der Waals surface area contributed by atoms with E-state index in [0.717, 1.165) is 31.9 Å². The summed E-state index contributed by atoms with van der Waals surface area (Å²) >= 11 is 0. The molecule has 6 nitrogen and oxygen atoms in total. The predicted molar refractivity (Wildman–Crippen MR) is 73.3 cm³/mol. The van der Waals surface area contributed by atoms with Crippen LogP contribution in [-0.4, -0.2) is 35.2 Å². The lowest BCUT2D eigenvalue weighted by Gasteiger charge is -2.38. The van der Waals surface area contributed by atoms with Gasteiger partial charge in [0.1, 0.15) is 6.26 Å². The van der Waals surface area contributed by atoms with Gasteiger partial charge in [0.25, 0.3) is 5.91 Å². The van der Waals surface area contributed by atoms with Crippen LogP contribution in [0.3, 0.4) is 0 Å². The number of ether oxygens (including phenoxy) is 1. The third-order valence-electron chi connectivity index (χ3n) is 4.41. The molecule has 0 aromatic carbocycles. The maximum atomic E-state index is 12.1. The van der Waals surface area contributed by atoms with Gasteiger partial charge in [-0.3, -0.25) is 4.79 Å². The lowest BCUT2D eigenvalue weighted by atomic mass is 9.89. The van der Waals surface area contributed by atoms with Crippen molar-refractivity contribution in [3.8, 4) is 0 Å². The Bertz CT molecular complexity index is 544. The lowest BCUT2D eigenvalue weighted by Crippen LogP contribution is -2.47. The number of amides is 1. The fourth-order valence-corrected chi connectivity index (χ4v) is 3.34. The number of carboxylic acid groups (broad SMARTS) is 1. The number of hydrogen-bond acceptors (Lipinski definition) is 4. The highest BCUT2D eigenvalue weighted by atomic mass is 16.5. The standard InChI is InChI=1S/C15H19NO5/c17-13(12-7-10(9-20-12)14(18)19)16-11-3-6-21-15(8-11)4-1-2-5-15/h7,9,11H,1-6,8H2,(H,16,17)(H,18,19). The smallest absolute Gasteiger partial charge is 0.338 e. The van der Waals surface area contributed by atoms with E-state index in [1.807, 2.05) is 0 Å². The van der Waals surface area contributed by atoms with Crippen molar-refractivity contribution in [1.29, 1.82) is 0 Å². The van der Waals surface area contributed by atoms with Crippen LogP contribution in [0.1, 0.15) is 59.4 Å². The Balaban J connectivity index is 1.62. The molecule has 2 fully saturated rings. The second-order valence-corrected chi connectivity index (χ2v) is 5.91. The van der Waals surface area contributed by atoms with Crippen molar-refractivity contribution in [3.63, 3.8) is 0 Å². The number of aromatic carboxylic acids is 1. The highest BCUT2D eigenvalue weighted by molar-refractivity contribution is 5.95. The van der Waals surface area contributed by atoms with Gasteiger partial charge in [-0.1, -0.05) is 12.8 Å². The Kier molecular flexibility index (Phi) is 3.71. The van der Waals surface area contributed by atoms with Gasteiger partial charge in [0.15, 0.2) is 5.76 Å². The van der Waals surface area contributed by atoms with Crippen molar-refractivity contribution in [2.24, 2.45) is 0 Å². The summed E-state index contributed by atoms with van der Waals surface area (Å²) in [6, 6.07) is 1.31. The number of rotatable bonds is 3. The van der Waals surface area contributed by atoms with Crippen LogP contribution in [0, 0.1) is 0 Å². The number of carbonyl (C=O) groups excluding carboxylic acids is 1. The van der Waals surface area contributed by atoms with Crippen molar-refractivity contribution in [2.45, 2.75) is 50.2 Å². The molecule has 3 rings (SSSR count). The molecular weight excluding hydrogens is 274 g/mol. The molecule has 1 unspecified atom stereocenters. The van der Waals surface area contributed by atoms with Gasteiger partial charge in [-0.25, -0.2) is 4.79 Å². The van der Waals surface area contributed by atoms with E-state index in [-0.39, 0.29) is 28.9 Å². The number of furan rings is 1. The third-order valence-corrected chi connectivity index (χ3v) is 4.41. The summed E-state index contributed by atoms with van der Waals surface area (Å²) in [5, 5.41) is 11.8. The highest BCUT2D eigenvalue weighted by Gasteiger charge is 2.40. The summed E-state index contributed by atoms with van der Waals surface area (Å²) in [6.45, 7) is 0.656. The molecule has 1 atom stereocenters. The molecular formula is C15H19NO5. The molecule has 0 bridgehead atoms. The molecule has 1 spiro atoms. The van der Waals surface area contributed by atoms with Crippen molar-refractivity contribution in [1.82, 2.24) is 5.32 Å². The summed E-state index contributed by atoms with van der Waals surface area (Å²) < 4.78 is 10.9. The van der Waals surface area contributed by atoms with E-state index in [2.05, 4.69) is 5.32 Å². The van der Waals surface area contributed by atoms with Gasteiger partial charge >= 0.3 is 5.97 Å². The average Bonchev–Trinajstić information content (AvgIpc) is 3.08. The maximum Gasteiger partial charge on any atom is 0.338 e. The van der Waals surface area contributed by atoms with Crippen LogP contribution in [-0.2, 0) is 4.74 Å². The van der Waals surface area contributed by atoms with Gasteiger partial charge in [0.05, 0.1) is 11.2 Å². The Hall–Kier alpha value is -1.82. The van der Waals surface area contributed by atoms with Crippen LogP contribution in [0.5, 0.6) is 0 Å². The van der Waals surface area contributed by atoms with Crippen LogP contribution < -0.4 is 5.32 Å². The molecule has 1 aromatic heterocycles. The SMILES string of the molecule is O=C(O)c1coc(C(=O)NC2CCOC3(CCCC3)C2)c1. The zero-order valence-corrected chi connectivity index (χ0v) is 11.8. The van der Waals surface area contributed by atoms with Crippen molar-refractivity contribution in [3.05, 3.63) is 23.7 Å².